The van der Waals surface area contributed by atoms with E-state index in [2.05, 4.69) is 42.0 Å². The van der Waals surface area contributed by atoms with Crippen molar-refractivity contribution in [1.29, 1.82) is 0 Å². The van der Waals surface area contributed by atoms with Crippen LogP contribution in [0, 0.1) is 6.92 Å². The third-order valence-corrected chi connectivity index (χ3v) is 5.30. The first-order valence-corrected chi connectivity index (χ1v) is 10.0. The Morgan fingerprint density at radius 2 is 1.93 bits per heavy atom. The van der Waals surface area contributed by atoms with Gasteiger partial charge < -0.3 is 15.6 Å². The largest absolute Gasteiger partial charge is 0.368 e. The molecule has 8 nitrogen and oxygen atoms in total. The fourth-order valence-corrected chi connectivity index (χ4v) is 3.67. The van der Waals surface area contributed by atoms with Crippen molar-refractivity contribution in [2.45, 2.75) is 50.1 Å². The summed E-state index contributed by atoms with van der Waals surface area (Å²) in [5.74, 6) is 3.48. The number of nitrogens with two attached hydrogens (primary N) is 1. The van der Waals surface area contributed by atoms with Crippen molar-refractivity contribution in [1.82, 2.24) is 29.7 Å². The number of nitrogens with zero attached hydrogens (tertiary/aromatic N) is 6. The van der Waals surface area contributed by atoms with Gasteiger partial charge in [-0.3, -0.25) is 0 Å². The van der Waals surface area contributed by atoms with Crippen LogP contribution < -0.4 is 11.1 Å². The number of aryl methyl sites for hydroxylation is 1. The summed E-state index contributed by atoms with van der Waals surface area (Å²) in [4.78, 5) is 12.9. The van der Waals surface area contributed by atoms with E-state index in [1.807, 2.05) is 31.2 Å². The van der Waals surface area contributed by atoms with E-state index >= 15 is 0 Å². The van der Waals surface area contributed by atoms with E-state index in [-0.39, 0.29) is 5.95 Å². The Morgan fingerprint density at radius 1 is 1.15 bits per heavy atom. The van der Waals surface area contributed by atoms with Crippen molar-refractivity contribution >= 4 is 29.3 Å². The molecule has 0 saturated heterocycles. The Hall–Kier alpha value is -2.68. The van der Waals surface area contributed by atoms with Crippen LogP contribution in [0.25, 0.3) is 0 Å². The molecule has 0 aliphatic heterocycles. The molecule has 1 aliphatic carbocycles. The van der Waals surface area contributed by atoms with E-state index < -0.39 is 0 Å². The van der Waals surface area contributed by atoms with Gasteiger partial charge in [-0.15, -0.1) is 10.2 Å². The average molecular weight is 382 g/mol. The molecule has 0 spiro atoms. The third-order valence-electron chi connectivity index (χ3n) is 4.34. The number of anilines is 3. The van der Waals surface area contributed by atoms with Gasteiger partial charge in [0.05, 0.1) is 5.75 Å². The molecular formula is C18H22N8S. The van der Waals surface area contributed by atoms with Crippen molar-refractivity contribution in [2.24, 2.45) is 0 Å². The fraction of sp³-hybridized carbons (Fsp3) is 0.389. The van der Waals surface area contributed by atoms with Gasteiger partial charge in [0.15, 0.2) is 5.16 Å². The molecule has 0 amide bonds. The van der Waals surface area contributed by atoms with Gasteiger partial charge in [-0.05, 0) is 38.8 Å². The summed E-state index contributed by atoms with van der Waals surface area (Å²) in [5.41, 5.74) is 7.97. The lowest BCUT2D eigenvalue weighted by Gasteiger charge is -2.08. The molecule has 1 saturated carbocycles. The summed E-state index contributed by atoms with van der Waals surface area (Å²) in [6.45, 7) is 5.02. The summed E-state index contributed by atoms with van der Waals surface area (Å²) in [5, 5.41) is 12.8. The van der Waals surface area contributed by atoms with Crippen LogP contribution in [0.15, 0.2) is 29.4 Å². The molecule has 1 fully saturated rings. The minimum Gasteiger partial charge on any atom is -0.368 e. The first kappa shape index (κ1) is 17.7. The third kappa shape index (κ3) is 4.19. The molecule has 0 bridgehead atoms. The second-order valence-electron chi connectivity index (χ2n) is 6.57. The molecule has 0 radical (unpaired) electrons. The average Bonchev–Trinajstić information content (AvgIpc) is 3.41. The molecule has 0 unspecified atom stereocenters. The van der Waals surface area contributed by atoms with E-state index in [1.165, 1.54) is 18.4 Å². The molecule has 3 aromatic rings. The lowest BCUT2D eigenvalue weighted by molar-refractivity contribution is 0.643. The summed E-state index contributed by atoms with van der Waals surface area (Å²) < 4.78 is 2.18. The van der Waals surface area contributed by atoms with Gasteiger partial charge in [-0.1, -0.05) is 29.5 Å². The molecule has 27 heavy (non-hydrogen) atoms. The van der Waals surface area contributed by atoms with Crippen LogP contribution in [-0.2, 0) is 12.3 Å². The minimum absolute atomic E-state index is 0.200. The number of thioether (sulfide) groups is 1. The molecule has 4 rings (SSSR count). The minimum atomic E-state index is 0.200. The van der Waals surface area contributed by atoms with E-state index in [9.17, 15) is 0 Å². The normalized spacial score (nSPS) is 13.7. The van der Waals surface area contributed by atoms with E-state index in [1.54, 1.807) is 11.8 Å². The first-order chi connectivity index (χ1) is 13.1. The molecule has 3 N–H and O–H groups in total. The summed E-state index contributed by atoms with van der Waals surface area (Å²) in [6, 6.07) is 8.01. The number of nitrogen functional groups attached to an aromatic ring is 1. The highest BCUT2D eigenvalue weighted by Gasteiger charge is 2.30. The van der Waals surface area contributed by atoms with Crippen LogP contribution in [-0.4, -0.2) is 29.7 Å². The summed E-state index contributed by atoms with van der Waals surface area (Å²) in [7, 11) is 0. The van der Waals surface area contributed by atoms with Crippen LogP contribution in [0.3, 0.4) is 0 Å². The lowest BCUT2D eigenvalue weighted by atomic mass is 10.2. The maximum atomic E-state index is 5.87. The summed E-state index contributed by atoms with van der Waals surface area (Å²) in [6.07, 6.45) is 2.42. The molecule has 2 heterocycles. The van der Waals surface area contributed by atoms with Gasteiger partial charge in [0.25, 0.3) is 0 Å². The fourth-order valence-electron chi connectivity index (χ4n) is 2.80. The van der Waals surface area contributed by atoms with Crippen molar-refractivity contribution in [3.05, 3.63) is 41.5 Å². The zero-order chi connectivity index (χ0) is 18.8. The monoisotopic (exact) mass is 382 g/mol. The molecule has 1 aromatic carbocycles. The van der Waals surface area contributed by atoms with Crippen molar-refractivity contribution in [2.75, 3.05) is 11.1 Å². The molecular weight excluding hydrogens is 360 g/mol. The lowest BCUT2D eigenvalue weighted by Crippen LogP contribution is -2.07. The standard InChI is InChI=1S/C18H22N8S/c1-3-26-15(12-6-7-12)24-25-18(26)27-10-14-21-16(19)23-17(22-14)20-13-8-4-11(2)5-9-13/h4-5,8-9,12H,3,6-7,10H2,1-2H3,(H3,19,20,21,22,23). The number of hydrogen-bond acceptors (Lipinski definition) is 8. The van der Waals surface area contributed by atoms with Gasteiger partial charge in [0.1, 0.15) is 11.6 Å². The molecule has 9 heteroatoms. The Bertz CT molecular complexity index is 933. The Labute approximate surface area is 162 Å². The Balaban J connectivity index is 1.47. The predicted octanol–water partition coefficient (Wildman–Crippen LogP) is 3.29. The number of rotatable bonds is 7. The van der Waals surface area contributed by atoms with Gasteiger partial charge in [-0.25, -0.2) is 0 Å². The molecule has 140 valence electrons. The summed E-state index contributed by atoms with van der Waals surface area (Å²) >= 11 is 1.57. The SMILES string of the molecule is CCn1c(SCc2nc(N)nc(Nc3ccc(C)cc3)n2)nnc1C1CC1. The van der Waals surface area contributed by atoms with E-state index in [0.717, 1.165) is 23.2 Å². The number of benzene rings is 1. The van der Waals surface area contributed by atoms with Crippen molar-refractivity contribution in [3.63, 3.8) is 0 Å². The van der Waals surface area contributed by atoms with Crippen LogP contribution in [0.1, 0.15) is 42.9 Å². The van der Waals surface area contributed by atoms with Crippen molar-refractivity contribution in [3.8, 4) is 0 Å². The molecule has 1 aliphatic rings. The maximum absolute atomic E-state index is 5.87. The first-order valence-electron chi connectivity index (χ1n) is 9.02. The predicted molar refractivity (Wildman–Crippen MR) is 106 cm³/mol. The highest BCUT2D eigenvalue weighted by molar-refractivity contribution is 7.98. The number of aromatic nitrogens is 6. The van der Waals surface area contributed by atoms with Crippen LogP contribution in [0.4, 0.5) is 17.6 Å². The van der Waals surface area contributed by atoms with Crippen molar-refractivity contribution < 1.29 is 0 Å². The van der Waals surface area contributed by atoms with E-state index in [4.69, 9.17) is 5.73 Å². The van der Waals surface area contributed by atoms with Crippen LogP contribution in [0.2, 0.25) is 0 Å². The second-order valence-corrected chi connectivity index (χ2v) is 7.51. The molecule has 2 aromatic heterocycles. The van der Waals surface area contributed by atoms with Gasteiger partial charge >= 0.3 is 0 Å². The van der Waals surface area contributed by atoms with Gasteiger partial charge in [0.2, 0.25) is 11.9 Å². The highest BCUT2D eigenvalue weighted by Crippen LogP contribution is 2.40. The zero-order valence-electron chi connectivity index (χ0n) is 15.4. The second kappa shape index (κ2) is 7.51. The topological polar surface area (TPSA) is 107 Å². The molecule has 0 atom stereocenters. The van der Waals surface area contributed by atoms with Crippen LogP contribution >= 0.6 is 11.8 Å². The van der Waals surface area contributed by atoms with E-state index in [0.29, 0.717) is 23.4 Å². The van der Waals surface area contributed by atoms with Crippen LogP contribution in [0.5, 0.6) is 0 Å². The zero-order valence-corrected chi connectivity index (χ0v) is 16.2. The smallest absolute Gasteiger partial charge is 0.232 e. The maximum Gasteiger partial charge on any atom is 0.232 e. The number of hydrogen-bond donors (Lipinski definition) is 2. The highest BCUT2D eigenvalue weighted by atomic mass is 32.2. The Kier molecular flexibility index (Phi) is 4.93. The Morgan fingerprint density at radius 3 is 2.63 bits per heavy atom. The number of nitrogens with one attached hydrogen (secondary N) is 1. The quantitative estimate of drug-likeness (QED) is 0.599. The van der Waals surface area contributed by atoms with Gasteiger partial charge in [0, 0.05) is 18.2 Å². The van der Waals surface area contributed by atoms with Gasteiger partial charge in [-0.2, -0.15) is 15.0 Å².